The number of sulfonamides is 2. The SMILES string of the molecule is COc1cccc(NS(=O)(=O)c2ccc(NC(=O)CN3c4ccccc4-c4ccccc4S3(=O)=O)cc2)c1. The molecule has 2 N–H and O–H groups in total. The zero-order chi connectivity index (χ0) is 26.9. The highest BCUT2D eigenvalue weighted by atomic mass is 32.2. The average molecular weight is 550 g/mol. The molecule has 9 nitrogen and oxygen atoms in total. The third-order valence-electron chi connectivity index (χ3n) is 5.98. The predicted octanol–water partition coefficient (Wildman–Crippen LogP) is 4.31. The van der Waals surface area contributed by atoms with Crippen LogP contribution in [0.4, 0.5) is 17.1 Å². The van der Waals surface area contributed by atoms with Crippen molar-refractivity contribution >= 4 is 43.0 Å². The van der Waals surface area contributed by atoms with Crippen LogP contribution in [-0.4, -0.2) is 36.4 Å². The van der Waals surface area contributed by atoms with Gasteiger partial charge in [0.2, 0.25) is 5.91 Å². The molecule has 1 amide bonds. The molecule has 0 fully saturated rings. The van der Waals surface area contributed by atoms with E-state index >= 15 is 0 Å². The first kappa shape index (κ1) is 25.3. The van der Waals surface area contributed by atoms with E-state index in [-0.39, 0.29) is 9.79 Å². The lowest BCUT2D eigenvalue weighted by Gasteiger charge is -2.31. The summed E-state index contributed by atoms with van der Waals surface area (Å²) >= 11 is 0. The smallest absolute Gasteiger partial charge is 0.265 e. The molecule has 0 bridgehead atoms. The number of rotatable bonds is 7. The lowest BCUT2D eigenvalue weighted by atomic mass is 10.0. The summed E-state index contributed by atoms with van der Waals surface area (Å²) in [6.07, 6.45) is 0. The molecule has 194 valence electrons. The number of fused-ring (bicyclic) bond motifs is 3. The molecule has 0 spiro atoms. The molecule has 4 aromatic carbocycles. The Hall–Kier alpha value is -4.35. The van der Waals surface area contributed by atoms with Gasteiger partial charge in [0.05, 0.1) is 28.3 Å². The lowest BCUT2D eigenvalue weighted by Crippen LogP contribution is -2.40. The highest BCUT2D eigenvalue weighted by Gasteiger charge is 2.35. The highest BCUT2D eigenvalue weighted by molar-refractivity contribution is 7.93. The second-order valence-electron chi connectivity index (χ2n) is 8.43. The molecule has 0 saturated heterocycles. The number of amides is 1. The van der Waals surface area contributed by atoms with Gasteiger partial charge >= 0.3 is 0 Å². The Bertz CT molecular complexity index is 1740. The Labute approximate surface area is 220 Å². The first-order valence-electron chi connectivity index (χ1n) is 11.5. The number of hydrogen-bond donors (Lipinski definition) is 2. The van der Waals surface area contributed by atoms with Crippen molar-refractivity contribution in [3.63, 3.8) is 0 Å². The Balaban J connectivity index is 1.33. The molecular weight excluding hydrogens is 526 g/mol. The molecule has 38 heavy (non-hydrogen) atoms. The fourth-order valence-electron chi connectivity index (χ4n) is 4.20. The van der Waals surface area contributed by atoms with Crippen molar-refractivity contribution in [1.82, 2.24) is 0 Å². The molecule has 11 heteroatoms. The molecule has 1 heterocycles. The number of methoxy groups -OCH3 is 1. The second-order valence-corrected chi connectivity index (χ2v) is 11.9. The fraction of sp³-hybridized carbons (Fsp3) is 0.0741. The zero-order valence-electron chi connectivity index (χ0n) is 20.2. The van der Waals surface area contributed by atoms with Gasteiger partial charge in [0.1, 0.15) is 12.3 Å². The molecular formula is C27H23N3O6S2. The standard InChI is InChI=1S/C27H23N3O6S2/c1-36-21-8-6-7-20(17-21)29-37(32,33)22-15-13-19(14-16-22)28-27(31)18-30-25-11-4-2-9-23(25)24-10-3-5-12-26(24)38(30,34)35/h2-17,29H,18H2,1H3,(H,28,31). The first-order valence-corrected chi connectivity index (χ1v) is 14.4. The maximum Gasteiger partial charge on any atom is 0.265 e. The van der Waals surface area contributed by atoms with Crippen LogP contribution in [0.1, 0.15) is 0 Å². The van der Waals surface area contributed by atoms with Gasteiger partial charge in [-0.15, -0.1) is 0 Å². The molecule has 1 aliphatic heterocycles. The number of anilines is 3. The topological polar surface area (TPSA) is 122 Å². The molecule has 0 atom stereocenters. The Morgan fingerprint density at radius 1 is 0.842 bits per heavy atom. The number of ether oxygens (including phenoxy) is 1. The van der Waals surface area contributed by atoms with Crippen LogP contribution >= 0.6 is 0 Å². The van der Waals surface area contributed by atoms with Crippen LogP contribution in [0.5, 0.6) is 5.75 Å². The van der Waals surface area contributed by atoms with Gasteiger partial charge in [0, 0.05) is 22.9 Å². The minimum Gasteiger partial charge on any atom is -0.497 e. The average Bonchev–Trinajstić information content (AvgIpc) is 2.91. The highest BCUT2D eigenvalue weighted by Crippen LogP contribution is 2.42. The summed E-state index contributed by atoms with van der Waals surface area (Å²) in [6, 6.07) is 25.7. The molecule has 0 saturated carbocycles. The van der Waals surface area contributed by atoms with Gasteiger partial charge in [0.15, 0.2) is 0 Å². The zero-order valence-corrected chi connectivity index (χ0v) is 21.8. The van der Waals surface area contributed by atoms with Gasteiger partial charge in [-0.1, -0.05) is 42.5 Å². The maximum atomic E-state index is 13.4. The van der Waals surface area contributed by atoms with Crippen LogP contribution in [0.15, 0.2) is 107 Å². The van der Waals surface area contributed by atoms with E-state index in [0.29, 0.717) is 33.9 Å². The van der Waals surface area contributed by atoms with Crippen molar-refractivity contribution < 1.29 is 26.4 Å². The maximum absolute atomic E-state index is 13.4. The first-order chi connectivity index (χ1) is 18.2. The third-order valence-corrected chi connectivity index (χ3v) is 9.19. The van der Waals surface area contributed by atoms with E-state index in [1.165, 1.54) is 37.4 Å². The molecule has 5 rings (SSSR count). The van der Waals surface area contributed by atoms with Gasteiger partial charge in [-0.3, -0.25) is 13.8 Å². The third kappa shape index (κ3) is 4.81. The van der Waals surface area contributed by atoms with E-state index in [4.69, 9.17) is 4.74 Å². The molecule has 0 unspecified atom stereocenters. The summed E-state index contributed by atoms with van der Waals surface area (Å²) in [5, 5.41) is 2.65. The molecule has 4 aromatic rings. The van der Waals surface area contributed by atoms with Crippen LogP contribution in [0.25, 0.3) is 11.1 Å². The number of carbonyl (C=O) groups excluding carboxylic acids is 1. The summed E-state index contributed by atoms with van der Waals surface area (Å²) < 4.78 is 61.0. The van der Waals surface area contributed by atoms with Crippen LogP contribution in [-0.2, 0) is 24.8 Å². The molecule has 0 aliphatic carbocycles. The molecule has 0 aromatic heterocycles. The number of nitrogens with one attached hydrogen (secondary N) is 2. The van der Waals surface area contributed by atoms with Crippen LogP contribution in [0, 0.1) is 0 Å². The minimum atomic E-state index is -3.97. The van der Waals surface area contributed by atoms with Gasteiger partial charge < -0.3 is 10.1 Å². The minimum absolute atomic E-state index is 0.0116. The van der Waals surface area contributed by atoms with Gasteiger partial charge in [-0.2, -0.15) is 0 Å². The van der Waals surface area contributed by atoms with Crippen LogP contribution < -0.4 is 19.1 Å². The van der Waals surface area contributed by atoms with Crippen molar-refractivity contribution in [2.45, 2.75) is 9.79 Å². The van der Waals surface area contributed by atoms with Crippen molar-refractivity contribution in [3.05, 3.63) is 97.1 Å². The van der Waals surface area contributed by atoms with Gasteiger partial charge in [0.25, 0.3) is 20.0 Å². The number of nitrogens with zero attached hydrogens (tertiary/aromatic N) is 1. The number of hydrogen-bond acceptors (Lipinski definition) is 6. The predicted molar refractivity (Wildman–Crippen MR) is 145 cm³/mol. The molecule has 0 radical (unpaired) electrons. The van der Waals surface area contributed by atoms with E-state index in [1.54, 1.807) is 54.6 Å². The van der Waals surface area contributed by atoms with E-state index < -0.39 is 32.5 Å². The van der Waals surface area contributed by atoms with Crippen LogP contribution in [0.3, 0.4) is 0 Å². The number of benzene rings is 4. The summed E-state index contributed by atoms with van der Waals surface area (Å²) in [5.41, 5.74) is 2.36. The van der Waals surface area contributed by atoms with Crippen molar-refractivity contribution in [2.75, 3.05) is 28.0 Å². The van der Waals surface area contributed by atoms with Crippen molar-refractivity contribution in [2.24, 2.45) is 0 Å². The van der Waals surface area contributed by atoms with Crippen molar-refractivity contribution in [1.29, 1.82) is 0 Å². The Morgan fingerprint density at radius 2 is 1.53 bits per heavy atom. The summed E-state index contributed by atoms with van der Waals surface area (Å²) in [4.78, 5) is 13.0. The Morgan fingerprint density at radius 3 is 2.26 bits per heavy atom. The van der Waals surface area contributed by atoms with E-state index in [9.17, 15) is 21.6 Å². The quantitative estimate of drug-likeness (QED) is 0.354. The Kier molecular flexibility index (Phi) is 6.55. The van der Waals surface area contributed by atoms with E-state index in [1.807, 2.05) is 12.1 Å². The summed E-state index contributed by atoms with van der Waals surface area (Å²) in [5.74, 6) is -0.0713. The molecule has 1 aliphatic rings. The normalized spacial score (nSPS) is 13.7. The lowest BCUT2D eigenvalue weighted by molar-refractivity contribution is -0.114. The van der Waals surface area contributed by atoms with Gasteiger partial charge in [-0.25, -0.2) is 16.8 Å². The number of para-hydroxylation sites is 1. The van der Waals surface area contributed by atoms with E-state index in [2.05, 4.69) is 10.0 Å². The fourth-order valence-corrected chi connectivity index (χ4v) is 6.90. The summed E-state index contributed by atoms with van der Waals surface area (Å²) in [6.45, 7) is -0.453. The van der Waals surface area contributed by atoms with Gasteiger partial charge in [-0.05, 0) is 48.5 Å². The summed E-state index contributed by atoms with van der Waals surface area (Å²) in [7, 11) is -6.37. The largest absolute Gasteiger partial charge is 0.497 e. The van der Waals surface area contributed by atoms with Crippen molar-refractivity contribution in [3.8, 4) is 16.9 Å². The monoisotopic (exact) mass is 549 g/mol. The number of carbonyl (C=O) groups is 1. The van der Waals surface area contributed by atoms with Crippen LogP contribution in [0.2, 0.25) is 0 Å². The second kappa shape index (κ2) is 9.84. The van der Waals surface area contributed by atoms with E-state index in [0.717, 1.165) is 4.31 Å².